The van der Waals surface area contributed by atoms with Crippen molar-refractivity contribution < 1.29 is 9.53 Å². The number of amides is 1. The smallest absolute Gasteiger partial charge is 0.254 e. The summed E-state index contributed by atoms with van der Waals surface area (Å²) in [6.07, 6.45) is 2.83. The number of nitrogens with zero attached hydrogens (tertiary/aromatic N) is 4. The molecule has 0 fully saturated rings. The Morgan fingerprint density at radius 1 is 0.917 bits per heavy atom. The number of rotatable bonds is 5. The molecule has 0 spiro atoms. The highest BCUT2D eigenvalue weighted by Crippen LogP contribution is 2.33. The van der Waals surface area contributed by atoms with Crippen molar-refractivity contribution in [2.45, 2.75) is 19.5 Å². The van der Waals surface area contributed by atoms with Gasteiger partial charge < -0.3 is 25.2 Å². The lowest BCUT2D eigenvalue weighted by Gasteiger charge is -2.26. The van der Waals surface area contributed by atoms with Gasteiger partial charge in [0.1, 0.15) is 5.75 Å². The van der Waals surface area contributed by atoms with Crippen LogP contribution in [0.2, 0.25) is 0 Å². The van der Waals surface area contributed by atoms with E-state index in [0.717, 1.165) is 64.4 Å². The lowest BCUT2D eigenvalue weighted by atomic mass is 9.99. The second-order valence-corrected chi connectivity index (χ2v) is 9.56. The molecule has 8 nitrogen and oxygen atoms in total. The normalized spacial score (nSPS) is 15.1. The van der Waals surface area contributed by atoms with Gasteiger partial charge in [0.15, 0.2) is 0 Å². The summed E-state index contributed by atoms with van der Waals surface area (Å²) in [6.45, 7) is 2.61. The molecule has 0 saturated heterocycles. The topological polar surface area (TPSA) is 82.6 Å². The number of aromatic nitrogens is 2. The van der Waals surface area contributed by atoms with Crippen molar-refractivity contribution in [2.24, 2.45) is 0 Å². The Balaban J connectivity index is 1.27. The number of benzene rings is 3. The molecule has 36 heavy (non-hydrogen) atoms. The quantitative estimate of drug-likeness (QED) is 0.428. The molecule has 0 radical (unpaired) electrons. The number of hydrogen-bond donors (Lipinski definition) is 2. The summed E-state index contributed by atoms with van der Waals surface area (Å²) in [5.74, 6) is 1.35. The first kappa shape index (κ1) is 22.3. The number of ether oxygens (including phenoxy) is 1. The van der Waals surface area contributed by atoms with Crippen molar-refractivity contribution in [3.05, 3.63) is 77.0 Å². The summed E-state index contributed by atoms with van der Waals surface area (Å²) < 4.78 is 5.66. The van der Waals surface area contributed by atoms with Crippen molar-refractivity contribution in [1.82, 2.24) is 19.8 Å². The van der Waals surface area contributed by atoms with Gasteiger partial charge in [0.05, 0.1) is 18.3 Å². The van der Waals surface area contributed by atoms with Crippen LogP contribution in [-0.4, -0.2) is 53.4 Å². The molecule has 0 atom stereocenters. The number of carbonyl (C=O) groups excluding carboxylic acids is 1. The highest BCUT2D eigenvalue weighted by Gasteiger charge is 2.24. The van der Waals surface area contributed by atoms with Gasteiger partial charge >= 0.3 is 0 Å². The van der Waals surface area contributed by atoms with E-state index >= 15 is 0 Å². The zero-order valence-electron chi connectivity index (χ0n) is 20.6. The van der Waals surface area contributed by atoms with Gasteiger partial charge in [-0.25, -0.2) is 9.97 Å². The molecule has 182 valence electrons. The number of hydrogen-bond acceptors (Lipinski definition) is 7. The second kappa shape index (κ2) is 8.80. The fourth-order valence-electron chi connectivity index (χ4n) is 4.97. The molecule has 1 aromatic heterocycles. The van der Waals surface area contributed by atoms with E-state index in [1.165, 1.54) is 11.1 Å². The molecule has 0 unspecified atom stereocenters. The highest BCUT2D eigenvalue weighted by atomic mass is 16.5. The molecular formula is C28H28N6O2. The zero-order chi connectivity index (χ0) is 24.8. The van der Waals surface area contributed by atoms with Gasteiger partial charge in [-0.2, -0.15) is 0 Å². The van der Waals surface area contributed by atoms with Crippen molar-refractivity contribution >= 4 is 39.8 Å². The van der Waals surface area contributed by atoms with Gasteiger partial charge in [-0.1, -0.05) is 6.07 Å². The number of anilines is 4. The molecular weight excluding hydrogens is 452 g/mol. The van der Waals surface area contributed by atoms with Crippen LogP contribution in [0.3, 0.4) is 0 Å². The van der Waals surface area contributed by atoms with E-state index in [9.17, 15) is 4.79 Å². The SMILES string of the molecule is COc1cc2c(cc1Nc1ncc3ccc(Nc4ccc5c(c4)C(=O)N(C)C5)cc3n1)CN(C)CC2. The van der Waals surface area contributed by atoms with Crippen LogP contribution < -0.4 is 15.4 Å². The summed E-state index contributed by atoms with van der Waals surface area (Å²) in [6, 6.07) is 16.2. The first-order chi connectivity index (χ1) is 17.5. The third-order valence-corrected chi connectivity index (χ3v) is 6.94. The number of methoxy groups -OCH3 is 1. The lowest BCUT2D eigenvalue weighted by Crippen LogP contribution is -2.26. The van der Waals surface area contributed by atoms with E-state index in [1.54, 1.807) is 12.0 Å². The molecule has 0 aliphatic carbocycles. The average molecular weight is 481 g/mol. The van der Waals surface area contributed by atoms with E-state index in [0.29, 0.717) is 12.5 Å². The van der Waals surface area contributed by atoms with Crippen LogP contribution in [-0.2, 0) is 19.5 Å². The fraction of sp³-hybridized carbons (Fsp3) is 0.250. The van der Waals surface area contributed by atoms with Gasteiger partial charge in [0, 0.05) is 55.2 Å². The van der Waals surface area contributed by atoms with Crippen LogP contribution >= 0.6 is 0 Å². The predicted octanol–water partition coefficient (Wildman–Crippen LogP) is 4.70. The van der Waals surface area contributed by atoms with Gasteiger partial charge in [-0.3, -0.25) is 4.79 Å². The summed E-state index contributed by atoms with van der Waals surface area (Å²) in [7, 11) is 5.64. The largest absolute Gasteiger partial charge is 0.495 e. The number of carbonyl (C=O) groups is 1. The molecule has 3 heterocycles. The Kier molecular flexibility index (Phi) is 5.45. The van der Waals surface area contributed by atoms with Crippen molar-refractivity contribution in [3.8, 4) is 5.75 Å². The lowest BCUT2D eigenvalue weighted by molar-refractivity contribution is 0.0816. The van der Waals surface area contributed by atoms with Gasteiger partial charge in [-0.15, -0.1) is 0 Å². The van der Waals surface area contributed by atoms with Crippen LogP contribution in [0, 0.1) is 0 Å². The van der Waals surface area contributed by atoms with E-state index in [-0.39, 0.29) is 5.91 Å². The second-order valence-electron chi connectivity index (χ2n) is 9.56. The fourth-order valence-corrected chi connectivity index (χ4v) is 4.97. The molecule has 0 bridgehead atoms. The highest BCUT2D eigenvalue weighted by molar-refractivity contribution is 5.99. The van der Waals surface area contributed by atoms with Gasteiger partial charge in [0.2, 0.25) is 5.95 Å². The van der Waals surface area contributed by atoms with Crippen molar-refractivity contribution in [2.75, 3.05) is 38.4 Å². The Morgan fingerprint density at radius 3 is 2.61 bits per heavy atom. The summed E-state index contributed by atoms with van der Waals surface area (Å²) in [5, 5.41) is 7.71. The monoisotopic (exact) mass is 480 g/mol. The van der Waals surface area contributed by atoms with E-state index in [2.05, 4.69) is 39.7 Å². The molecule has 3 aromatic carbocycles. The number of fused-ring (bicyclic) bond motifs is 3. The molecule has 8 heteroatoms. The standard InChI is InChI=1S/C28H28N6O2/c1-33-9-8-17-11-26(36-3)25(10-20(17)15-33)32-28-29-14-18-4-6-22(13-24(18)31-28)30-21-7-5-19-16-34(2)27(35)23(19)12-21/h4-7,10-14,30H,8-9,15-16H2,1-3H3,(H,29,31,32). The summed E-state index contributed by atoms with van der Waals surface area (Å²) >= 11 is 0. The Bertz CT molecular complexity index is 1500. The summed E-state index contributed by atoms with van der Waals surface area (Å²) in [4.78, 5) is 25.7. The predicted molar refractivity (Wildman–Crippen MR) is 141 cm³/mol. The maximum Gasteiger partial charge on any atom is 0.254 e. The van der Waals surface area contributed by atoms with Crippen LogP contribution in [0.15, 0.2) is 54.7 Å². The maximum atomic E-state index is 12.4. The van der Waals surface area contributed by atoms with Crippen LogP contribution in [0.25, 0.3) is 10.9 Å². The molecule has 0 saturated carbocycles. The van der Waals surface area contributed by atoms with E-state index < -0.39 is 0 Å². The zero-order valence-corrected chi connectivity index (χ0v) is 20.6. The van der Waals surface area contributed by atoms with Gasteiger partial charge in [0.25, 0.3) is 5.91 Å². The average Bonchev–Trinajstić information content (AvgIpc) is 3.16. The minimum Gasteiger partial charge on any atom is -0.495 e. The maximum absolute atomic E-state index is 12.4. The Labute approximate surface area is 209 Å². The van der Waals surface area contributed by atoms with Crippen LogP contribution in [0.5, 0.6) is 5.75 Å². The van der Waals surface area contributed by atoms with Crippen molar-refractivity contribution in [1.29, 1.82) is 0 Å². The first-order valence-electron chi connectivity index (χ1n) is 12.0. The van der Waals surface area contributed by atoms with E-state index in [1.807, 2.05) is 49.6 Å². The molecule has 4 aromatic rings. The molecule has 2 N–H and O–H groups in total. The summed E-state index contributed by atoms with van der Waals surface area (Å²) in [5.41, 5.74) is 7.85. The van der Waals surface area contributed by atoms with Crippen LogP contribution in [0.4, 0.5) is 23.0 Å². The number of nitrogens with one attached hydrogen (secondary N) is 2. The minimum absolute atomic E-state index is 0.0554. The van der Waals surface area contributed by atoms with Crippen LogP contribution in [0.1, 0.15) is 27.0 Å². The molecule has 6 rings (SSSR count). The van der Waals surface area contributed by atoms with Gasteiger partial charge in [-0.05, 0) is 72.6 Å². The Morgan fingerprint density at radius 2 is 1.75 bits per heavy atom. The third kappa shape index (κ3) is 4.09. The van der Waals surface area contributed by atoms with E-state index in [4.69, 9.17) is 9.72 Å². The van der Waals surface area contributed by atoms with Crippen molar-refractivity contribution in [3.63, 3.8) is 0 Å². The Hall–Kier alpha value is -4.17. The third-order valence-electron chi connectivity index (χ3n) is 6.94. The number of likely N-dealkylation sites (N-methyl/N-ethyl adjacent to an activating group) is 1. The minimum atomic E-state index is 0.0554. The molecule has 2 aliphatic rings. The first-order valence-corrected chi connectivity index (χ1v) is 12.0. The molecule has 2 aliphatic heterocycles. The molecule has 1 amide bonds.